The van der Waals surface area contributed by atoms with Crippen LogP contribution in [-0.2, 0) is 27.4 Å². The lowest BCUT2D eigenvalue weighted by atomic mass is 10.1. The number of aliphatic imine (C=N–C) groups is 1. The molecular formula is C24H36IN5O3. The molecule has 9 heteroatoms. The zero-order valence-electron chi connectivity index (χ0n) is 19.5. The molecule has 2 amide bonds. The van der Waals surface area contributed by atoms with Crippen molar-refractivity contribution >= 4 is 41.8 Å². The van der Waals surface area contributed by atoms with Gasteiger partial charge in [0.25, 0.3) is 5.91 Å². The third-order valence-electron chi connectivity index (χ3n) is 6.48. The number of halogens is 1. The van der Waals surface area contributed by atoms with Gasteiger partial charge in [-0.15, -0.1) is 24.0 Å². The lowest BCUT2D eigenvalue weighted by Gasteiger charge is -2.37. The highest BCUT2D eigenvalue weighted by atomic mass is 127. The third kappa shape index (κ3) is 6.59. The van der Waals surface area contributed by atoms with E-state index in [0.29, 0.717) is 39.2 Å². The van der Waals surface area contributed by atoms with Crippen LogP contribution in [0.5, 0.6) is 0 Å². The predicted molar refractivity (Wildman–Crippen MR) is 138 cm³/mol. The molecule has 3 aliphatic heterocycles. The van der Waals surface area contributed by atoms with Crippen LogP contribution in [0.4, 0.5) is 0 Å². The fourth-order valence-electron chi connectivity index (χ4n) is 4.64. The number of guanidine groups is 1. The Labute approximate surface area is 213 Å². The van der Waals surface area contributed by atoms with Crippen LogP contribution in [0.15, 0.2) is 29.3 Å². The molecule has 3 heterocycles. The second-order valence-corrected chi connectivity index (χ2v) is 8.67. The zero-order chi connectivity index (χ0) is 22.3. The fraction of sp³-hybridized carbons (Fsp3) is 0.625. The van der Waals surface area contributed by atoms with Gasteiger partial charge < -0.3 is 24.8 Å². The van der Waals surface area contributed by atoms with Gasteiger partial charge in [0, 0.05) is 58.8 Å². The number of likely N-dealkylation sites (tertiary alicyclic amines) is 1. The number of carbonyl (C=O) groups is 2. The molecule has 3 fully saturated rings. The maximum atomic E-state index is 12.6. The van der Waals surface area contributed by atoms with Crippen LogP contribution in [-0.4, -0.2) is 84.5 Å². The first-order valence-corrected chi connectivity index (χ1v) is 11.9. The van der Waals surface area contributed by atoms with Gasteiger partial charge in [0.2, 0.25) is 5.91 Å². The second-order valence-electron chi connectivity index (χ2n) is 8.67. The van der Waals surface area contributed by atoms with Crippen LogP contribution in [0.1, 0.15) is 43.7 Å². The zero-order valence-corrected chi connectivity index (χ0v) is 21.8. The molecule has 182 valence electrons. The van der Waals surface area contributed by atoms with E-state index < -0.39 is 0 Å². The van der Waals surface area contributed by atoms with Gasteiger partial charge in [-0.05, 0) is 37.3 Å². The summed E-state index contributed by atoms with van der Waals surface area (Å²) in [5.74, 6) is 1.25. The number of nitrogens with zero attached hydrogens (tertiary/aromatic N) is 4. The van der Waals surface area contributed by atoms with Crippen molar-refractivity contribution in [2.24, 2.45) is 4.99 Å². The number of nitrogens with one attached hydrogen (secondary N) is 1. The van der Waals surface area contributed by atoms with E-state index in [2.05, 4.69) is 29.3 Å². The summed E-state index contributed by atoms with van der Waals surface area (Å²) < 4.78 is 5.57. The van der Waals surface area contributed by atoms with Crippen molar-refractivity contribution in [1.82, 2.24) is 20.0 Å². The number of hydrogen-bond donors (Lipinski definition) is 1. The van der Waals surface area contributed by atoms with Gasteiger partial charge in [-0.2, -0.15) is 0 Å². The summed E-state index contributed by atoms with van der Waals surface area (Å²) in [4.78, 5) is 35.7. The Morgan fingerprint density at radius 2 is 1.82 bits per heavy atom. The van der Waals surface area contributed by atoms with Crippen LogP contribution < -0.4 is 5.32 Å². The Kier molecular flexibility index (Phi) is 9.78. The SMILES string of the molecule is CCNC(=NCc1ccccc1CN1CCCC1=O)N1CCN(C(=O)C2CCCO2)CC1.I. The van der Waals surface area contributed by atoms with E-state index in [1.54, 1.807) is 0 Å². The molecule has 0 bridgehead atoms. The molecule has 33 heavy (non-hydrogen) atoms. The van der Waals surface area contributed by atoms with Gasteiger partial charge >= 0.3 is 0 Å². The molecule has 3 aliphatic rings. The molecule has 1 unspecified atom stereocenters. The maximum absolute atomic E-state index is 12.6. The van der Waals surface area contributed by atoms with Crippen LogP contribution in [0.3, 0.4) is 0 Å². The van der Waals surface area contributed by atoms with Crippen LogP contribution in [0.2, 0.25) is 0 Å². The Morgan fingerprint density at radius 3 is 2.45 bits per heavy atom. The van der Waals surface area contributed by atoms with Crippen molar-refractivity contribution in [3.8, 4) is 0 Å². The van der Waals surface area contributed by atoms with Crippen molar-refractivity contribution in [3.05, 3.63) is 35.4 Å². The molecule has 0 aromatic heterocycles. The third-order valence-corrected chi connectivity index (χ3v) is 6.48. The first kappa shape index (κ1) is 25.7. The molecule has 0 saturated carbocycles. The molecule has 4 rings (SSSR count). The van der Waals surface area contributed by atoms with Crippen molar-refractivity contribution in [1.29, 1.82) is 0 Å². The normalized spacial score (nSPS) is 21.4. The number of ether oxygens (including phenoxy) is 1. The smallest absolute Gasteiger partial charge is 0.251 e. The summed E-state index contributed by atoms with van der Waals surface area (Å²) in [5, 5.41) is 3.40. The highest BCUT2D eigenvalue weighted by Gasteiger charge is 2.31. The van der Waals surface area contributed by atoms with Crippen LogP contribution in [0.25, 0.3) is 0 Å². The van der Waals surface area contributed by atoms with E-state index in [1.165, 1.54) is 0 Å². The summed E-state index contributed by atoms with van der Waals surface area (Å²) in [6, 6.07) is 8.25. The largest absolute Gasteiger partial charge is 0.368 e. The first-order valence-electron chi connectivity index (χ1n) is 11.9. The van der Waals surface area contributed by atoms with E-state index in [-0.39, 0.29) is 41.9 Å². The van der Waals surface area contributed by atoms with Gasteiger partial charge in [-0.3, -0.25) is 9.59 Å². The number of piperazine rings is 1. The molecule has 1 atom stereocenters. The standard InChI is InChI=1S/C24H35N5O3.HI/c1-2-25-24(28-14-12-27(13-15-28)23(31)21-9-6-16-32-21)26-17-19-7-3-4-8-20(19)18-29-11-5-10-22(29)30;/h3-4,7-8,21H,2,5-6,9-18H2,1H3,(H,25,26);1H. The Balaban J connectivity index is 0.00000306. The summed E-state index contributed by atoms with van der Waals surface area (Å²) in [7, 11) is 0. The van der Waals surface area contributed by atoms with Crippen molar-refractivity contribution in [2.75, 3.05) is 45.9 Å². The van der Waals surface area contributed by atoms with Gasteiger partial charge in [0.1, 0.15) is 6.10 Å². The van der Waals surface area contributed by atoms with Gasteiger partial charge in [0.15, 0.2) is 5.96 Å². The summed E-state index contributed by atoms with van der Waals surface area (Å²) >= 11 is 0. The number of rotatable bonds is 6. The van der Waals surface area contributed by atoms with E-state index in [1.807, 2.05) is 21.9 Å². The average molecular weight is 569 g/mol. The fourth-order valence-corrected chi connectivity index (χ4v) is 4.64. The minimum absolute atomic E-state index is 0. The number of hydrogen-bond acceptors (Lipinski definition) is 4. The molecule has 0 radical (unpaired) electrons. The summed E-state index contributed by atoms with van der Waals surface area (Å²) in [6.45, 7) is 8.52. The molecule has 8 nitrogen and oxygen atoms in total. The average Bonchev–Trinajstić information content (AvgIpc) is 3.50. The predicted octanol–water partition coefficient (Wildman–Crippen LogP) is 2.22. The number of amides is 2. The van der Waals surface area contributed by atoms with Crippen molar-refractivity contribution < 1.29 is 14.3 Å². The van der Waals surface area contributed by atoms with Crippen molar-refractivity contribution in [3.63, 3.8) is 0 Å². The topological polar surface area (TPSA) is 77.5 Å². The van der Waals surface area contributed by atoms with E-state index >= 15 is 0 Å². The minimum Gasteiger partial charge on any atom is -0.368 e. The molecular weight excluding hydrogens is 533 g/mol. The van der Waals surface area contributed by atoms with Gasteiger partial charge in [-0.25, -0.2) is 4.99 Å². The lowest BCUT2D eigenvalue weighted by molar-refractivity contribution is -0.142. The molecule has 0 spiro atoms. The Bertz CT molecular complexity index is 835. The highest BCUT2D eigenvalue weighted by molar-refractivity contribution is 14.0. The van der Waals surface area contributed by atoms with Gasteiger partial charge in [-0.1, -0.05) is 24.3 Å². The minimum atomic E-state index is -0.248. The maximum Gasteiger partial charge on any atom is 0.251 e. The number of benzene rings is 1. The van der Waals surface area contributed by atoms with E-state index in [0.717, 1.165) is 62.5 Å². The molecule has 0 aliphatic carbocycles. The lowest BCUT2D eigenvalue weighted by Crippen LogP contribution is -2.55. The first-order chi connectivity index (χ1) is 15.7. The van der Waals surface area contributed by atoms with Crippen LogP contribution >= 0.6 is 24.0 Å². The monoisotopic (exact) mass is 569 g/mol. The Morgan fingerprint density at radius 1 is 1.09 bits per heavy atom. The molecule has 1 aromatic rings. The number of carbonyl (C=O) groups excluding carboxylic acids is 2. The molecule has 1 N–H and O–H groups in total. The summed E-state index contributed by atoms with van der Waals surface area (Å²) in [5.41, 5.74) is 2.31. The van der Waals surface area contributed by atoms with Gasteiger partial charge in [0.05, 0.1) is 6.54 Å². The Hall–Kier alpha value is -1.88. The van der Waals surface area contributed by atoms with E-state index in [9.17, 15) is 9.59 Å². The summed E-state index contributed by atoms with van der Waals surface area (Å²) in [6.07, 6.45) is 3.17. The van der Waals surface area contributed by atoms with E-state index in [4.69, 9.17) is 9.73 Å². The molecule has 3 saturated heterocycles. The van der Waals surface area contributed by atoms with Crippen LogP contribution in [0, 0.1) is 0 Å². The second kappa shape index (κ2) is 12.5. The quantitative estimate of drug-likeness (QED) is 0.323. The highest BCUT2D eigenvalue weighted by Crippen LogP contribution is 2.19. The van der Waals surface area contributed by atoms with Crippen molar-refractivity contribution in [2.45, 2.75) is 51.8 Å². The molecule has 1 aromatic carbocycles.